The lowest BCUT2D eigenvalue weighted by Gasteiger charge is -2.35. The van der Waals surface area contributed by atoms with Gasteiger partial charge in [-0.1, -0.05) is 13.8 Å². The smallest absolute Gasteiger partial charge is 0.0502 e. The Morgan fingerprint density at radius 3 is 2.75 bits per heavy atom. The van der Waals surface area contributed by atoms with Gasteiger partial charge in [0.25, 0.3) is 0 Å². The highest BCUT2D eigenvalue weighted by atomic mass is 16.5. The summed E-state index contributed by atoms with van der Waals surface area (Å²) in [6.45, 7) is 9.85. The third kappa shape index (κ3) is 4.40. The van der Waals surface area contributed by atoms with Gasteiger partial charge < -0.3 is 15.4 Å². The average Bonchev–Trinajstić information content (AvgIpc) is 2.26. The quantitative estimate of drug-likeness (QED) is 0.750. The molecule has 2 unspecified atom stereocenters. The number of rotatable bonds is 6. The first-order valence-electron chi connectivity index (χ1n) is 6.58. The second-order valence-electron chi connectivity index (χ2n) is 5.46. The number of methoxy groups -OCH3 is 1. The second-order valence-corrected chi connectivity index (χ2v) is 5.46. The minimum atomic E-state index is 0.640. The number of ether oxygens (including phenoxy) is 1. The molecule has 0 aromatic rings. The van der Waals surface area contributed by atoms with E-state index >= 15 is 0 Å². The molecule has 0 bridgehead atoms. The number of hydrogen-bond acceptors (Lipinski definition) is 3. The summed E-state index contributed by atoms with van der Waals surface area (Å²) >= 11 is 0. The molecule has 1 rings (SSSR count). The summed E-state index contributed by atoms with van der Waals surface area (Å²) in [5.74, 6) is 2.05. The Balaban J connectivity index is 2.35. The number of likely N-dealkylation sites (tertiary alicyclic amines) is 1. The predicted molar refractivity (Wildman–Crippen MR) is 68.4 cm³/mol. The van der Waals surface area contributed by atoms with Gasteiger partial charge in [0.2, 0.25) is 0 Å². The van der Waals surface area contributed by atoms with Crippen LogP contribution in [0.4, 0.5) is 0 Å². The summed E-state index contributed by atoms with van der Waals surface area (Å²) in [5, 5.41) is 0. The van der Waals surface area contributed by atoms with Crippen LogP contribution in [0.15, 0.2) is 0 Å². The van der Waals surface area contributed by atoms with Crippen molar-refractivity contribution in [2.45, 2.75) is 26.7 Å². The fourth-order valence-electron chi connectivity index (χ4n) is 2.58. The maximum atomic E-state index is 5.83. The van der Waals surface area contributed by atoms with Gasteiger partial charge in [-0.15, -0.1) is 0 Å². The molecule has 0 amide bonds. The molecule has 0 radical (unpaired) electrons. The lowest BCUT2D eigenvalue weighted by Crippen LogP contribution is -2.42. The molecule has 3 nitrogen and oxygen atoms in total. The van der Waals surface area contributed by atoms with Crippen molar-refractivity contribution in [1.82, 2.24) is 4.90 Å². The van der Waals surface area contributed by atoms with Crippen molar-refractivity contribution in [3.8, 4) is 0 Å². The Hall–Kier alpha value is -0.120. The molecule has 1 aliphatic heterocycles. The van der Waals surface area contributed by atoms with E-state index in [-0.39, 0.29) is 0 Å². The Morgan fingerprint density at radius 1 is 1.44 bits per heavy atom. The van der Waals surface area contributed by atoms with Crippen LogP contribution in [0.2, 0.25) is 0 Å². The van der Waals surface area contributed by atoms with E-state index in [1.807, 2.05) is 0 Å². The van der Waals surface area contributed by atoms with E-state index in [0.29, 0.717) is 11.8 Å². The molecule has 2 atom stereocenters. The molecule has 0 aromatic heterocycles. The van der Waals surface area contributed by atoms with Crippen molar-refractivity contribution in [2.24, 2.45) is 23.5 Å². The Morgan fingerprint density at radius 2 is 2.19 bits per heavy atom. The van der Waals surface area contributed by atoms with Gasteiger partial charge in [-0.25, -0.2) is 0 Å². The van der Waals surface area contributed by atoms with Crippen molar-refractivity contribution in [1.29, 1.82) is 0 Å². The molecule has 1 fully saturated rings. The van der Waals surface area contributed by atoms with Gasteiger partial charge >= 0.3 is 0 Å². The zero-order valence-corrected chi connectivity index (χ0v) is 11.1. The van der Waals surface area contributed by atoms with E-state index in [0.717, 1.165) is 25.6 Å². The molecule has 96 valence electrons. The first-order valence-corrected chi connectivity index (χ1v) is 6.58. The molecular formula is C13H28N2O. The monoisotopic (exact) mass is 228 g/mol. The Bertz CT molecular complexity index is 183. The van der Waals surface area contributed by atoms with Gasteiger partial charge in [0.05, 0.1) is 6.61 Å². The molecule has 0 aromatic carbocycles. The predicted octanol–water partition coefficient (Wildman–Crippen LogP) is 1.58. The molecule has 1 heterocycles. The van der Waals surface area contributed by atoms with Gasteiger partial charge in [0.1, 0.15) is 0 Å². The molecule has 0 saturated carbocycles. The summed E-state index contributed by atoms with van der Waals surface area (Å²) in [4.78, 5) is 2.57. The van der Waals surface area contributed by atoms with Crippen LogP contribution in [-0.2, 0) is 4.74 Å². The number of hydrogen-bond donors (Lipinski definition) is 1. The molecule has 1 aliphatic rings. The molecule has 16 heavy (non-hydrogen) atoms. The number of nitrogens with zero attached hydrogens (tertiary/aromatic N) is 1. The van der Waals surface area contributed by atoms with Crippen LogP contribution in [0, 0.1) is 17.8 Å². The fourth-order valence-corrected chi connectivity index (χ4v) is 2.58. The van der Waals surface area contributed by atoms with Crippen LogP contribution >= 0.6 is 0 Å². The van der Waals surface area contributed by atoms with Gasteiger partial charge in [-0.3, -0.25) is 0 Å². The van der Waals surface area contributed by atoms with Gasteiger partial charge in [-0.05, 0) is 43.7 Å². The maximum Gasteiger partial charge on any atom is 0.0502 e. The summed E-state index contributed by atoms with van der Waals surface area (Å²) < 4.78 is 5.26. The van der Waals surface area contributed by atoms with Gasteiger partial charge in [-0.2, -0.15) is 0 Å². The molecule has 1 saturated heterocycles. The van der Waals surface area contributed by atoms with Crippen molar-refractivity contribution < 1.29 is 4.74 Å². The number of nitrogens with two attached hydrogens (primary N) is 1. The second kappa shape index (κ2) is 7.25. The molecule has 2 N–H and O–H groups in total. The van der Waals surface area contributed by atoms with E-state index in [9.17, 15) is 0 Å². The van der Waals surface area contributed by atoms with Crippen molar-refractivity contribution in [3.05, 3.63) is 0 Å². The van der Waals surface area contributed by atoms with E-state index in [1.54, 1.807) is 7.11 Å². The first kappa shape index (κ1) is 13.9. The summed E-state index contributed by atoms with van der Waals surface area (Å²) in [6.07, 6.45) is 2.63. The minimum Gasteiger partial charge on any atom is -0.384 e. The third-order valence-electron chi connectivity index (χ3n) is 3.74. The molecular weight excluding hydrogens is 200 g/mol. The zero-order valence-electron chi connectivity index (χ0n) is 11.1. The SMILES string of the molecule is COCC1CCCN(CC(CN)C(C)C)C1. The van der Waals surface area contributed by atoms with Crippen molar-refractivity contribution >= 4 is 0 Å². The highest BCUT2D eigenvalue weighted by Crippen LogP contribution is 2.19. The van der Waals surface area contributed by atoms with Crippen molar-refractivity contribution in [2.75, 3.05) is 39.9 Å². The largest absolute Gasteiger partial charge is 0.384 e. The van der Waals surface area contributed by atoms with E-state index in [4.69, 9.17) is 10.5 Å². The first-order chi connectivity index (χ1) is 7.67. The topological polar surface area (TPSA) is 38.5 Å². The third-order valence-corrected chi connectivity index (χ3v) is 3.74. The summed E-state index contributed by atoms with van der Waals surface area (Å²) in [7, 11) is 1.80. The average molecular weight is 228 g/mol. The van der Waals surface area contributed by atoms with E-state index < -0.39 is 0 Å². The van der Waals surface area contributed by atoms with Crippen LogP contribution in [0.25, 0.3) is 0 Å². The van der Waals surface area contributed by atoms with Crippen LogP contribution in [-0.4, -0.2) is 44.8 Å². The molecule has 0 spiro atoms. The maximum absolute atomic E-state index is 5.83. The zero-order chi connectivity index (χ0) is 12.0. The Labute approximate surface area is 100 Å². The highest BCUT2D eigenvalue weighted by molar-refractivity contribution is 4.76. The fraction of sp³-hybridized carbons (Fsp3) is 1.00. The standard InChI is InChI=1S/C13H28N2O/c1-11(2)13(7-14)9-15-6-4-5-12(8-15)10-16-3/h11-13H,4-10,14H2,1-3H3. The molecule has 0 aliphatic carbocycles. The number of piperidine rings is 1. The lowest BCUT2D eigenvalue weighted by atomic mass is 9.93. The van der Waals surface area contributed by atoms with Crippen molar-refractivity contribution in [3.63, 3.8) is 0 Å². The van der Waals surface area contributed by atoms with Crippen LogP contribution in [0.3, 0.4) is 0 Å². The lowest BCUT2D eigenvalue weighted by molar-refractivity contribution is 0.0788. The van der Waals surface area contributed by atoms with Crippen LogP contribution in [0.1, 0.15) is 26.7 Å². The van der Waals surface area contributed by atoms with Gasteiger partial charge in [0, 0.05) is 20.2 Å². The van der Waals surface area contributed by atoms with E-state index in [1.165, 1.54) is 25.9 Å². The summed E-state index contributed by atoms with van der Waals surface area (Å²) in [5.41, 5.74) is 5.83. The van der Waals surface area contributed by atoms with E-state index in [2.05, 4.69) is 18.7 Å². The molecule has 3 heteroatoms. The van der Waals surface area contributed by atoms with Crippen LogP contribution < -0.4 is 5.73 Å². The van der Waals surface area contributed by atoms with Gasteiger partial charge in [0.15, 0.2) is 0 Å². The summed E-state index contributed by atoms with van der Waals surface area (Å²) in [6, 6.07) is 0. The minimum absolute atomic E-state index is 0.640. The Kier molecular flexibility index (Phi) is 6.32. The highest BCUT2D eigenvalue weighted by Gasteiger charge is 2.22. The van der Waals surface area contributed by atoms with Crippen LogP contribution in [0.5, 0.6) is 0 Å². The normalized spacial score (nSPS) is 24.9.